The molecule has 1 aromatic rings. The summed E-state index contributed by atoms with van der Waals surface area (Å²) in [5.41, 5.74) is 5.20. The lowest BCUT2D eigenvalue weighted by Crippen LogP contribution is -2.58. The molecule has 1 aliphatic rings. The average molecular weight is 208 g/mol. The highest BCUT2D eigenvalue weighted by Crippen LogP contribution is 2.25. The van der Waals surface area contributed by atoms with Crippen molar-refractivity contribution in [3.05, 3.63) is 29.8 Å². The van der Waals surface area contributed by atoms with Crippen molar-refractivity contribution in [2.75, 3.05) is 6.61 Å². The van der Waals surface area contributed by atoms with Crippen molar-refractivity contribution in [3.8, 4) is 5.75 Å². The molecule has 1 heterocycles. The molecule has 1 unspecified atom stereocenters. The van der Waals surface area contributed by atoms with E-state index in [0.29, 0.717) is 0 Å². The average Bonchev–Trinajstić information content (AvgIpc) is 2.23. The molecule has 3 N–H and O–H groups in total. The van der Waals surface area contributed by atoms with Crippen LogP contribution in [0, 0.1) is 0 Å². The largest absolute Gasteiger partial charge is 0.508 e. The number of ether oxygens (including phenoxy) is 1. The maximum Gasteiger partial charge on any atom is 0.260 e. The van der Waals surface area contributed by atoms with Crippen molar-refractivity contribution in [2.24, 2.45) is 0 Å². The quantitative estimate of drug-likeness (QED) is 0.617. The first-order chi connectivity index (χ1) is 7.10. The fourth-order valence-corrected chi connectivity index (χ4v) is 1.43. The van der Waals surface area contributed by atoms with E-state index in [0.717, 1.165) is 5.56 Å². The van der Waals surface area contributed by atoms with E-state index in [1.807, 2.05) is 6.07 Å². The van der Waals surface area contributed by atoms with Gasteiger partial charge in [-0.2, -0.15) is 5.43 Å². The fourth-order valence-electron chi connectivity index (χ4n) is 1.43. The highest BCUT2D eigenvalue weighted by Gasteiger charge is 2.32. The summed E-state index contributed by atoms with van der Waals surface area (Å²) < 4.78 is 5.38. The number of amides is 1. The first-order valence-electron chi connectivity index (χ1n) is 4.60. The molecule has 15 heavy (non-hydrogen) atoms. The Morgan fingerprint density at radius 2 is 2.33 bits per heavy atom. The van der Waals surface area contributed by atoms with Crippen LogP contribution in [0.1, 0.15) is 12.5 Å². The molecule has 5 nitrogen and oxygen atoms in total. The molecule has 1 saturated heterocycles. The summed E-state index contributed by atoms with van der Waals surface area (Å²) in [6, 6.07) is 6.69. The van der Waals surface area contributed by atoms with Gasteiger partial charge in [-0.3, -0.25) is 10.2 Å². The molecule has 1 fully saturated rings. The van der Waals surface area contributed by atoms with Gasteiger partial charge in [0.25, 0.3) is 5.91 Å². The Bertz CT molecular complexity index is 382. The standard InChI is InChI=1S/C10H12N2O3/c1-10(12-11-9(14)6-15-10)7-3-2-4-8(13)5-7/h2-5,12-13H,6H2,1H3,(H,11,14). The third kappa shape index (κ3) is 1.93. The molecular weight excluding hydrogens is 196 g/mol. The van der Waals surface area contributed by atoms with Crippen LogP contribution in [0.5, 0.6) is 5.75 Å². The first kappa shape index (κ1) is 9.95. The Kier molecular flexibility index (Phi) is 2.34. The summed E-state index contributed by atoms with van der Waals surface area (Å²) >= 11 is 0. The fraction of sp³-hybridized carbons (Fsp3) is 0.300. The zero-order valence-electron chi connectivity index (χ0n) is 8.28. The van der Waals surface area contributed by atoms with E-state index in [4.69, 9.17) is 4.74 Å². The normalized spacial score (nSPS) is 26.1. The van der Waals surface area contributed by atoms with E-state index in [1.54, 1.807) is 25.1 Å². The van der Waals surface area contributed by atoms with Crippen LogP contribution in [0.15, 0.2) is 24.3 Å². The van der Waals surface area contributed by atoms with Gasteiger partial charge in [0.2, 0.25) is 0 Å². The summed E-state index contributed by atoms with van der Waals surface area (Å²) in [5, 5.41) is 9.34. The summed E-state index contributed by atoms with van der Waals surface area (Å²) in [6.45, 7) is 1.78. The molecule has 1 atom stereocenters. The Hall–Kier alpha value is -1.59. The molecular formula is C10H12N2O3. The lowest BCUT2D eigenvalue weighted by molar-refractivity contribution is -0.154. The zero-order valence-corrected chi connectivity index (χ0v) is 8.28. The summed E-state index contributed by atoms with van der Waals surface area (Å²) in [7, 11) is 0. The van der Waals surface area contributed by atoms with E-state index in [9.17, 15) is 9.90 Å². The van der Waals surface area contributed by atoms with Gasteiger partial charge in [0.1, 0.15) is 12.4 Å². The second-order valence-corrected chi connectivity index (χ2v) is 3.55. The van der Waals surface area contributed by atoms with Gasteiger partial charge in [-0.25, -0.2) is 0 Å². The van der Waals surface area contributed by atoms with Crippen molar-refractivity contribution in [1.29, 1.82) is 0 Å². The van der Waals surface area contributed by atoms with Crippen molar-refractivity contribution >= 4 is 5.91 Å². The SMILES string of the molecule is CC1(c2cccc(O)c2)NNC(=O)CO1. The van der Waals surface area contributed by atoms with Gasteiger partial charge in [-0.1, -0.05) is 12.1 Å². The molecule has 1 aromatic carbocycles. The summed E-state index contributed by atoms with van der Waals surface area (Å²) in [4.78, 5) is 10.9. The van der Waals surface area contributed by atoms with E-state index in [1.165, 1.54) is 0 Å². The van der Waals surface area contributed by atoms with Crippen LogP contribution in [0.25, 0.3) is 0 Å². The van der Waals surface area contributed by atoms with Gasteiger partial charge in [0.15, 0.2) is 5.72 Å². The smallest absolute Gasteiger partial charge is 0.260 e. The minimum Gasteiger partial charge on any atom is -0.508 e. The van der Waals surface area contributed by atoms with E-state index in [-0.39, 0.29) is 18.3 Å². The number of rotatable bonds is 1. The van der Waals surface area contributed by atoms with Crippen LogP contribution in [0.4, 0.5) is 0 Å². The predicted octanol–water partition coefficient (Wildman–Crippen LogP) is 0.216. The minimum atomic E-state index is -0.799. The maximum atomic E-state index is 10.9. The molecule has 1 amide bonds. The summed E-state index contributed by atoms with van der Waals surface area (Å²) in [5.74, 6) is -0.0522. The first-order valence-corrected chi connectivity index (χ1v) is 4.60. The molecule has 0 saturated carbocycles. The van der Waals surface area contributed by atoms with Gasteiger partial charge in [0, 0.05) is 5.56 Å². The molecule has 1 aliphatic heterocycles. The second-order valence-electron chi connectivity index (χ2n) is 3.55. The number of hydrogen-bond acceptors (Lipinski definition) is 4. The van der Waals surface area contributed by atoms with E-state index >= 15 is 0 Å². The van der Waals surface area contributed by atoms with Crippen molar-refractivity contribution < 1.29 is 14.6 Å². The molecule has 2 rings (SSSR count). The number of carbonyl (C=O) groups excluding carboxylic acids is 1. The number of phenols is 1. The number of hydrogen-bond donors (Lipinski definition) is 3. The predicted molar refractivity (Wildman–Crippen MR) is 52.7 cm³/mol. The van der Waals surface area contributed by atoms with Gasteiger partial charge < -0.3 is 9.84 Å². The maximum absolute atomic E-state index is 10.9. The third-order valence-corrected chi connectivity index (χ3v) is 2.33. The van der Waals surface area contributed by atoms with Crippen LogP contribution in [0.2, 0.25) is 0 Å². The number of carbonyl (C=O) groups is 1. The molecule has 0 spiro atoms. The zero-order chi connectivity index (χ0) is 10.9. The van der Waals surface area contributed by atoms with E-state index < -0.39 is 5.72 Å². The number of phenolic OH excluding ortho intramolecular Hbond substituents is 1. The van der Waals surface area contributed by atoms with Crippen LogP contribution >= 0.6 is 0 Å². The molecule has 5 heteroatoms. The Balaban J connectivity index is 2.25. The Morgan fingerprint density at radius 1 is 1.53 bits per heavy atom. The number of aromatic hydroxyl groups is 1. The minimum absolute atomic E-state index is 0.000837. The van der Waals surface area contributed by atoms with Gasteiger partial charge in [-0.15, -0.1) is 0 Å². The lowest BCUT2D eigenvalue weighted by Gasteiger charge is -2.35. The highest BCUT2D eigenvalue weighted by molar-refractivity contribution is 5.77. The lowest BCUT2D eigenvalue weighted by atomic mass is 10.0. The van der Waals surface area contributed by atoms with Gasteiger partial charge in [-0.05, 0) is 19.1 Å². The van der Waals surface area contributed by atoms with Gasteiger partial charge in [0.05, 0.1) is 0 Å². The third-order valence-electron chi connectivity index (χ3n) is 2.33. The molecule has 0 radical (unpaired) electrons. The number of benzene rings is 1. The van der Waals surface area contributed by atoms with Crippen molar-refractivity contribution in [2.45, 2.75) is 12.6 Å². The number of nitrogens with one attached hydrogen (secondary N) is 2. The Morgan fingerprint density at radius 3 is 2.93 bits per heavy atom. The molecule has 0 aromatic heterocycles. The summed E-state index contributed by atoms with van der Waals surface area (Å²) in [6.07, 6.45) is 0. The van der Waals surface area contributed by atoms with Crippen LogP contribution in [-0.2, 0) is 15.3 Å². The van der Waals surface area contributed by atoms with Gasteiger partial charge >= 0.3 is 0 Å². The topological polar surface area (TPSA) is 70.6 Å². The van der Waals surface area contributed by atoms with Crippen LogP contribution < -0.4 is 10.9 Å². The molecule has 0 aliphatic carbocycles. The van der Waals surface area contributed by atoms with Crippen LogP contribution in [-0.4, -0.2) is 17.6 Å². The highest BCUT2D eigenvalue weighted by atomic mass is 16.5. The molecule has 0 bridgehead atoms. The Labute approximate surface area is 87.0 Å². The second kappa shape index (κ2) is 3.52. The molecule has 80 valence electrons. The van der Waals surface area contributed by atoms with Crippen LogP contribution in [0.3, 0.4) is 0 Å². The van der Waals surface area contributed by atoms with Crippen molar-refractivity contribution in [3.63, 3.8) is 0 Å². The van der Waals surface area contributed by atoms with E-state index in [2.05, 4.69) is 10.9 Å². The number of hydrazine groups is 1. The van der Waals surface area contributed by atoms with Crippen molar-refractivity contribution in [1.82, 2.24) is 10.9 Å². The monoisotopic (exact) mass is 208 g/mol.